The first-order chi connectivity index (χ1) is 9.52. The molecule has 1 aliphatic heterocycles. The lowest BCUT2D eigenvalue weighted by Gasteiger charge is -2.32. The summed E-state index contributed by atoms with van der Waals surface area (Å²) in [6.45, 7) is 10.2. The van der Waals surface area contributed by atoms with E-state index in [0.717, 1.165) is 48.7 Å². The minimum atomic E-state index is -0.0115. The minimum absolute atomic E-state index is 0.0115. The Morgan fingerprint density at radius 2 is 2.30 bits per heavy atom. The molecule has 1 aliphatic rings. The van der Waals surface area contributed by atoms with E-state index in [1.807, 2.05) is 0 Å². The fourth-order valence-electron chi connectivity index (χ4n) is 2.43. The van der Waals surface area contributed by atoms with Gasteiger partial charge >= 0.3 is 0 Å². The molecule has 2 rings (SSSR count). The molecule has 4 nitrogen and oxygen atoms in total. The summed E-state index contributed by atoms with van der Waals surface area (Å²) in [4.78, 5) is 10.3. The van der Waals surface area contributed by atoms with Crippen molar-refractivity contribution in [1.82, 2.24) is 14.9 Å². The number of aromatic nitrogens is 2. The standard InChI is InChI=1S/C14H22BrN3OS/c1-4-5-18-6-7-19-10(8-18)13-16-12(9(2)3)11(15)14(20)17-13/h9-10H,4-8H2,1-3H3,(H,16,17,20). The van der Waals surface area contributed by atoms with Gasteiger partial charge in [-0.05, 0) is 34.8 Å². The van der Waals surface area contributed by atoms with Crippen LogP contribution in [0, 0.1) is 4.64 Å². The average molecular weight is 360 g/mol. The normalized spacial score (nSPS) is 20.6. The van der Waals surface area contributed by atoms with Crippen LogP contribution < -0.4 is 0 Å². The summed E-state index contributed by atoms with van der Waals surface area (Å²) in [5, 5.41) is 0. The van der Waals surface area contributed by atoms with E-state index in [9.17, 15) is 0 Å². The van der Waals surface area contributed by atoms with Crippen LogP contribution in [-0.4, -0.2) is 41.1 Å². The topological polar surface area (TPSA) is 41.1 Å². The summed E-state index contributed by atoms with van der Waals surface area (Å²) >= 11 is 8.88. The highest BCUT2D eigenvalue weighted by atomic mass is 79.9. The van der Waals surface area contributed by atoms with Crippen molar-refractivity contribution >= 4 is 28.1 Å². The Morgan fingerprint density at radius 3 is 2.95 bits per heavy atom. The number of hydrogen-bond donors (Lipinski definition) is 1. The second kappa shape index (κ2) is 7.11. The van der Waals surface area contributed by atoms with E-state index in [-0.39, 0.29) is 6.10 Å². The number of nitrogens with one attached hydrogen (secondary N) is 1. The summed E-state index contributed by atoms with van der Waals surface area (Å²) in [6.07, 6.45) is 1.15. The third-order valence-electron chi connectivity index (χ3n) is 3.48. The van der Waals surface area contributed by atoms with Gasteiger partial charge in [0.25, 0.3) is 0 Å². The molecule has 1 unspecified atom stereocenters. The number of H-pyrrole nitrogens is 1. The largest absolute Gasteiger partial charge is 0.368 e. The number of hydrogen-bond acceptors (Lipinski definition) is 4. The summed E-state index contributed by atoms with van der Waals surface area (Å²) < 4.78 is 7.38. The average Bonchev–Trinajstić information content (AvgIpc) is 2.42. The van der Waals surface area contributed by atoms with Crippen molar-refractivity contribution in [3.05, 3.63) is 20.6 Å². The first-order valence-corrected chi connectivity index (χ1v) is 8.36. The van der Waals surface area contributed by atoms with Gasteiger partial charge in [0.05, 0.1) is 11.1 Å². The van der Waals surface area contributed by atoms with Crippen molar-refractivity contribution in [2.45, 2.75) is 39.2 Å². The molecular weight excluding hydrogens is 338 g/mol. The fourth-order valence-corrected chi connectivity index (χ4v) is 3.29. The molecule has 0 aromatic carbocycles. The third-order valence-corrected chi connectivity index (χ3v) is 4.84. The maximum Gasteiger partial charge on any atom is 0.144 e. The maximum atomic E-state index is 5.87. The summed E-state index contributed by atoms with van der Waals surface area (Å²) in [5.41, 5.74) is 1.09. The molecule has 1 atom stereocenters. The van der Waals surface area contributed by atoms with Gasteiger partial charge in [-0.2, -0.15) is 0 Å². The molecule has 0 spiro atoms. The molecule has 6 heteroatoms. The molecule has 2 heterocycles. The molecule has 0 radical (unpaired) electrons. The fraction of sp³-hybridized carbons (Fsp3) is 0.714. The van der Waals surface area contributed by atoms with Crippen LogP contribution >= 0.6 is 28.1 Å². The van der Waals surface area contributed by atoms with Gasteiger partial charge in [0.1, 0.15) is 16.6 Å². The molecule has 1 aromatic heterocycles. The molecule has 0 aliphatic carbocycles. The molecular formula is C14H22BrN3OS. The Kier molecular flexibility index (Phi) is 5.72. The second-order valence-electron chi connectivity index (χ2n) is 5.47. The van der Waals surface area contributed by atoms with Crippen LogP contribution in [0.5, 0.6) is 0 Å². The highest BCUT2D eigenvalue weighted by Gasteiger charge is 2.24. The molecule has 1 saturated heterocycles. The number of aromatic amines is 1. The molecule has 0 amide bonds. The molecule has 1 fully saturated rings. The predicted molar refractivity (Wildman–Crippen MR) is 86.6 cm³/mol. The van der Waals surface area contributed by atoms with Gasteiger partial charge in [-0.3, -0.25) is 4.90 Å². The highest BCUT2D eigenvalue weighted by molar-refractivity contribution is 9.10. The highest BCUT2D eigenvalue weighted by Crippen LogP contribution is 2.27. The monoisotopic (exact) mass is 359 g/mol. The second-order valence-corrected chi connectivity index (χ2v) is 6.65. The SMILES string of the molecule is CCCN1CCOC(c2nc(=S)c(Br)c(C(C)C)[nH]2)C1. The van der Waals surface area contributed by atoms with Crippen LogP contribution in [0.2, 0.25) is 0 Å². The Bertz CT molecular complexity index is 516. The van der Waals surface area contributed by atoms with Gasteiger partial charge in [0.2, 0.25) is 0 Å². The van der Waals surface area contributed by atoms with Crippen molar-refractivity contribution in [3.8, 4) is 0 Å². The Balaban J connectivity index is 2.26. The first kappa shape index (κ1) is 16.1. The lowest BCUT2D eigenvalue weighted by Crippen LogP contribution is -2.39. The van der Waals surface area contributed by atoms with E-state index < -0.39 is 0 Å². The number of ether oxygens (including phenoxy) is 1. The molecule has 20 heavy (non-hydrogen) atoms. The number of halogens is 1. The molecule has 112 valence electrons. The van der Waals surface area contributed by atoms with Crippen molar-refractivity contribution in [2.24, 2.45) is 0 Å². The summed E-state index contributed by atoms with van der Waals surface area (Å²) in [5.74, 6) is 1.21. The molecule has 1 aromatic rings. The number of rotatable bonds is 4. The van der Waals surface area contributed by atoms with E-state index in [0.29, 0.717) is 10.6 Å². The van der Waals surface area contributed by atoms with Crippen LogP contribution in [0.15, 0.2) is 4.47 Å². The maximum absolute atomic E-state index is 5.87. The number of morpholine rings is 1. The first-order valence-electron chi connectivity index (χ1n) is 7.16. The predicted octanol–water partition coefficient (Wildman–Crippen LogP) is 3.81. The smallest absolute Gasteiger partial charge is 0.144 e. The van der Waals surface area contributed by atoms with E-state index in [1.54, 1.807) is 0 Å². The van der Waals surface area contributed by atoms with Crippen LogP contribution in [-0.2, 0) is 4.74 Å². The van der Waals surface area contributed by atoms with Crippen molar-refractivity contribution < 1.29 is 4.74 Å². The van der Waals surface area contributed by atoms with Gasteiger partial charge in [-0.25, -0.2) is 4.98 Å². The Hall–Kier alpha value is -0.300. The van der Waals surface area contributed by atoms with Crippen molar-refractivity contribution in [2.75, 3.05) is 26.2 Å². The zero-order chi connectivity index (χ0) is 14.7. The van der Waals surface area contributed by atoms with E-state index in [1.165, 1.54) is 0 Å². The van der Waals surface area contributed by atoms with Gasteiger partial charge < -0.3 is 9.72 Å². The molecule has 0 saturated carbocycles. The van der Waals surface area contributed by atoms with E-state index >= 15 is 0 Å². The van der Waals surface area contributed by atoms with Gasteiger partial charge in [0, 0.05) is 18.8 Å². The molecule has 0 bridgehead atoms. The van der Waals surface area contributed by atoms with Crippen molar-refractivity contribution in [1.29, 1.82) is 0 Å². The summed E-state index contributed by atoms with van der Waals surface area (Å²) in [7, 11) is 0. The third kappa shape index (κ3) is 3.67. The Morgan fingerprint density at radius 1 is 1.55 bits per heavy atom. The van der Waals surface area contributed by atoms with Crippen LogP contribution in [0.1, 0.15) is 50.7 Å². The van der Waals surface area contributed by atoms with Crippen LogP contribution in [0.25, 0.3) is 0 Å². The molecule has 1 N–H and O–H groups in total. The van der Waals surface area contributed by atoms with Gasteiger partial charge in [-0.1, -0.05) is 33.0 Å². The Labute approximate surface area is 134 Å². The lowest BCUT2D eigenvalue weighted by atomic mass is 10.1. The van der Waals surface area contributed by atoms with Crippen LogP contribution in [0.4, 0.5) is 0 Å². The van der Waals surface area contributed by atoms with E-state index in [2.05, 4.69) is 51.6 Å². The minimum Gasteiger partial charge on any atom is -0.368 e. The van der Waals surface area contributed by atoms with E-state index in [4.69, 9.17) is 17.0 Å². The zero-order valence-corrected chi connectivity index (χ0v) is 14.7. The lowest BCUT2D eigenvalue weighted by molar-refractivity contribution is -0.0343. The number of nitrogens with zero attached hydrogens (tertiary/aromatic N) is 2. The van der Waals surface area contributed by atoms with Crippen LogP contribution in [0.3, 0.4) is 0 Å². The quantitative estimate of drug-likeness (QED) is 0.829. The van der Waals surface area contributed by atoms with Crippen molar-refractivity contribution in [3.63, 3.8) is 0 Å². The summed E-state index contributed by atoms with van der Waals surface area (Å²) in [6, 6.07) is 0. The van der Waals surface area contributed by atoms with Gasteiger partial charge in [-0.15, -0.1) is 0 Å². The zero-order valence-electron chi connectivity index (χ0n) is 12.3. The van der Waals surface area contributed by atoms with Gasteiger partial charge in [0.15, 0.2) is 0 Å².